The molecule has 0 rings (SSSR count). The van der Waals surface area contributed by atoms with Gasteiger partial charge in [0.05, 0.1) is 18.3 Å². The largest absolute Gasteiger partial charge is 0.412 e. The molecule has 0 amide bonds. The molecule has 1 N–H and O–H groups in total. The average Bonchev–Trinajstić information content (AvgIpc) is 2.26. The number of aliphatic hydroxyl groups excluding tert-OH is 1. The topological polar surface area (TPSA) is 38.7 Å². The van der Waals surface area contributed by atoms with Gasteiger partial charge in [-0.05, 0) is 32.0 Å². The van der Waals surface area contributed by atoms with Gasteiger partial charge < -0.3 is 14.3 Å². The average molecular weight is 303 g/mol. The van der Waals surface area contributed by atoms with E-state index in [1.165, 1.54) is 0 Å². The maximum atomic E-state index is 10.2. The summed E-state index contributed by atoms with van der Waals surface area (Å²) in [4.78, 5) is 0. The summed E-state index contributed by atoms with van der Waals surface area (Å²) in [7, 11) is -0.161. The zero-order chi connectivity index (χ0) is 16.3. The molecule has 0 heterocycles. The lowest BCUT2D eigenvalue weighted by molar-refractivity contribution is -0.0548. The van der Waals surface area contributed by atoms with Gasteiger partial charge in [0.15, 0.2) is 8.32 Å². The summed E-state index contributed by atoms with van der Waals surface area (Å²) in [5, 5.41) is 10.3. The summed E-state index contributed by atoms with van der Waals surface area (Å²) < 4.78 is 12.0. The van der Waals surface area contributed by atoms with E-state index in [-0.39, 0.29) is 23.2 Å². The molecule has 0 aliphatic rings. The number of rotatable bonds is 7. The van der Waals surface area contributed by atoms with Gasteiger partial charge in [-0.15, -0.1) is 0 Å². The van der Waals surface area contributed by atoms with Crippen LogP contribution in [0.1, 0.15) is 41.5 Å². The highest BCUT2D eigenvalue weighted by atomic mass is 28.4. The minimum absolute atomic E-state index is 0.0442. The smallest absolute Gasteiger partial charge is 0.192 e. The molecule has 0 bridgehead atoms. The normalized spacial score (nSPS) is 19.3. The van der Waals surface area contributed by atoms with Crippen LogP contribution in [0.4, 0.5) is 0 Å². The minimum Gasteiger partial charge on any atom is -0.412 e. The fourth-order valence-electron chi connectivity index (χ4n) is 2.17. The Morgan fingerprint density at radius 1 is 1.20 bits per heavy atom. The molecule has 0 aromatic rings. The summed E-state index contributed by atoms with van der Waals surface area (Å²) in [6.45, 7) is 20.8. The summed E-state index contributed by atoms with van der Waals surface area (Å²) in [5.74, 6) is -0.0442. The van der Waals surface area contributed by atoms with E-state index in [9.17, 15) is 5.11 Å². The highest BCUT2D eigenvalue weighted by Gasteiger charge is 2.41. The molecule has 0 radical (unpaired) electrons. The second-order valence-electron chi connectivity index (χ2n) is 7.43. The molecule has 0 saturated heterocycles. The zero-order valence-corrected chi connectivity index (χ0v) is 15.8. The van der Waals surface area contributed by atoms with E-state index in [0.29, 0.717) is 0 Å². The van der Waals surface area contributed by atoms with E-state index < -0.39 is 14.4 Å². The molecule has 0 fully saturated rings. The van der Waals surface area contributed by atoms with Crippen LogP contribution in [-0.2, 0) is 9.16 Å². The molecule has 0 aromatic heterocycles. The van der Waals surface area contributed by atoms with Gasteiger partial charge in [0, 0.05) is 13.0 Å². The zero-order valence-electron chi connectivity index (χ0n) is 14.8. The number of hydrogen-bond donors (Lipinski definition) is 1. The minimum atomic E-state index is -1.84. The van der Waals surface area contributed by atoms with Gasteiger partial charge in [0.25, 0.3) is 0 Å². The first kappa shape index (κ1) is 19.8. The molecule has 3 nitrogen and oxygen atoms in total. The molecule has 4 heteroatoms. The quantitative estimate of drug-likeness (QED) is 0.571. The van der Waals surface area contributed by atoms with E-state index >= 15 is 0 Å². The Hall–Kier alpha value is -0.163. The van der Waals surface area contributed by atoms with Gasteiger partial charge in [-0.25, -0.2) is 0 Å². The van der Waals surface area contributed by atoms with Crippen LogP contribution in [0.5, 0.6) is 0 Å². The lowest BCUT2D eigenvalue weighted by atomic mass is 9.91. The van der Waals surface area contributed by atoms with Crippen LogP contribution in [0, 0.1) is 5.92 Å². The van der Waals surface area contributed by atoms with Gasteiger partial charge in [0.1, 0.15) is 0 Å². The molecule has 0 aliphatic carbocycles. The van der Waals surface area contributed by atoms with Gasteiger partial charge in [-0.3, -0.25) is 0 Å². The van der Waals surface area contributed by atoms with Gasteiger partial charge in [0.2, 0.25) is 0 Å². The molecule has 4 atom stereocenters. The number of hydrogen-bond acceptors (Lipinski definition) is 3. The van der Waals surface area contributed by atoms with Crippen molar-refractivity contribution in [2.75, 3.05) is 7.11 Å². The summed E-state index contributed by atoms with van der Waals surface area (Å²) in [6.07, 6.45) is -0.758. The third-order valence-electron chi connectivity index (χ3n) is 4.54. The van der Waals surface area contributed by atoms with E-state index in [0.717, 1.165) is 5.57 Å². The summed E-state index contributed by atoms with van der Waals surface area (Å²) >= 11 is 0. The second kappa shape index (κ2) is 7.21. The van der Waals surface area contributed by atoms with Crippen LogP contribution >= 0.6 is 0 Å². The first-order valence-electron chi connectivity index (χ1n) is 7.39. The van der Waals surface area contributed by atoms with E-state index in [1.807, 2.05) is 20.8 Å². The third kappa shape index (κ3) is 4.99. The van der Waals surface area contributed by atoms with Crippen molar-refractivity contribution in [1.82, 2.24) is 0 Å². The molecule has 120 valence electrons. The fourth-order valence-corrected chi connectivity index (χ4v) is 3.59. The van der Waals surface area contributed by atoms with Crippen molar-refractivity contribution in [3.05, 3.63) is 12.2 Å². The molecule has 0 aromatic carbocycles. The molecule has 0 aliphatic heterocycles. The van der Waals surface area contributed by atoms with Gasteiger partial charge in [-0.1, -0.05) is 39.8 Å². The first-order chi connectivity index (χ1) is 8.85. The summed E-state index contributed by atoms with van der Waals surface area (Å²) in [5.41, 5.74) is 0.763. The SMILES string of the molecule is C=C(C)C(O)[C@H](C)[C@@H](OC)[C@@H](C)O[Si](C)(C)C(C)(C)C. The van der Waals surface area contributed by atoms with Crippen LogP contribution < -0.4 is 0 Å². The molecule has 1 unspecified atom stereocenters. The van der Waals surface area contributed by atoms with Gasteiger partial charge in [-0.2, -0.15) is 0 Å². The van der Waals surface area contributed by atoms with Crippen molar-refractivity contribution in [1.29, 1.82) is 0 Å². The van der Waals surface area contributed by atoms with Crippen LogP contribution in [0.25, 0.3) is 0 Å². The van der Waals surface area contributed by atoms with Crippen molar-refractivity contribution in [2.45, 2.75) is 78.0 Å². The standard InChI is InChI=1S/C16H34O3Si/c1-11(2)14(17)12(3)15(18-8)13(4)19-20(9,10)16(5,6)7/h12-15,17H,1H2,2-10H3/t12-,13+,14?,15+/m0/s1. The fraction of sp³-hybridized carbons (Fsp3) is 0.875. The Labute approximate surface area is 126 Å². The van der Waals surface area contributed by atoms with Crippen molar-refractivity contribution >= 4 is 8.32 Å². The maximum Gasteiger partial charge on any atom is 0.192 e. The highest BCUT2D eigenvalue weighted by molar-refractivity contribution is 6.74. The maximum absolute atomic E-state index is 10.2. The predicted molar refractivity (Wildman–Crippen MR) is 88.5 cm³/mol. The van der Waals surface area contributed by atoms with E-state index in [1.54, 1.807) is 7.11 Å². The lowest BCUT2D eigenvalue weighted by Crippen LogP contribution is -2.49. The van der Waals surface area contributed by atoms with E-state index in [4.69, 9.17) is 9.16 Å². The molecule has 0 saturated carbocycles. The third-order valence-corrected chi connectivity index (χ3v) is 9.12. The number of methoxy groups -OCH3 is 1. The van der Waals surface area contributed by atoms with Crippen LogP contribution in [0.2, 0.25) is 18.1 Å². The van der Waals surface area contributed by atoms with Crippen molar-refractivity contribution in [2.24, 2.45) is 5.92 Å². The van der Waals surface area contributed by atoms with Crippen LogP contribution in [0.3, 0.4) is 0 Å². The molecular weight excluding hydrogens is 268 g/mol. The predicted octanol–water partition coefficient (Wildman–Crippen LogP) is 3.98. The van der Waals surface area contributed by atoms with Crippen LogP contribution in [-0.4, -0.2) is 38.8 Å². The lowest BCUT2D eigenvalue weighted by Gasteiger charge is -2.41. The Bertz CT molecular complexity index is 320. The first-order valence-corrected chi connectivity index (χ1v) is 10.3. The molecular formula is C16H34O3Si. The highest BCUT2D eigenvalue weighted by Crippen LogP contribution is 2.38. The van der Waals surface area contributed by atoms with Crippen molar-refractivity contribution in [3.8, 4) is 0 Å². The monoisotopic (exact) mass is 302 g/mol. The number of ether oxygens (including phenoxy) is 1. The molecule has 20 heavy (non-hydrogen) atoms. The Kier molecular flexibility index (Phi) is 7.15. The van der Waals surface area contributed by atoms with Crippen LogP contribution in [0.15, 0.2) is 12.2 Å². The Morgan fingerprint density at radius 2 is 1.65 bits per heavy atom. The van der Waals surface area contributed by atoms with Crippen molar-refractivity contribution < 1.29 is 14.3 Å². The second-order valence-corrected chi connectivity index (χ2v) is 12.2. The Balaban J connectivity index is 4.96. The number of aliphatic hydroxyl groups is 1. The Morgan fingerprint density at radius 3 is 1.95 bits per heavy atom. The van der Waals surface area contributed by atoms with Gasteiger partial charge >= 0.3 is 0 Å². The summed E-state index contributed by atoms with van der Waals surface area (Å²) in [6, 6.07) is 0. The van der Waals surface area contributed by atoms with E-state index in [2.05, 4.69) is 40.4 Å². The van der Waals surface area contributed by atoms with Crippen molar-refractivity contribution in [3.63, 3.8) is 0 Å². The molecule has 0 spiro atoms.